The van der Waals surface area contributed by atoms with Gasteiger partial charge in [-0.2, -0.15) is 0 Å². The largest absolute Gasteiger partial charge is 0.440 e. The molecule has 0 fully saturated rings. The third kappa shape index (κ3) is 1.70. The Morgan fingerprint density at radius 2 is 2.08 bits per heavy atom. The van der Waals surface area contributed by atoms with Gasteiger partial charge in [-0.3, -0.25) is 0 Å². The summed E-state index contributed by atoms with van der Waals surface area (Å²) in [6, 6.07) is 7.17. The maximum absolute atomic E-state index is 10.4. The number of rotatable bonds is 2. The average Bonchev–Trinajstić information content (AvgIpc) is 2.44. The zero-order valence-corrected chi connectivity index (χ0v) is 7.53. The highest BCUT2D eigenvalue weighted by molar-refractivity contribution is 7.71. The van der Waals surface area contributed by atoms with Crippen LogP contribution in [0.25, 0.3) is 11.1 Å². The lowest BCUT2D eigenvalue weighted by molar-refractivity contribution is 0.545. The minimum Gasteiger partial charge on any atom is -0.440 e. The number of thiol groups is 1. The summed E-state index contributed by atoms with van der Waals surface area (Å²) in [7, 11) is -2.47. The summed E-state index contributed by atoms with van der Waals surface area (Å²) in [6.07, 6.45) is 0. The Balaban J connectivity index is 2.49. The fourth-order valence-electron chi connectivity index (χ4n) is 1.10. The van der Waals surface area contributed by atoms with Crippen molar-refractivity contribution in [1.82, 2.24) is 4.98 Å². The van der Waals surface area contributed by atoms with Crippen molar-refractivity contribution in [3.8, 4) is 0 Å². The van der Waals surface area contributed by atoms with E-state index in [1.807, 2.05) is 12.1 Å². The smallest absolute Gasteiger partial charge is 0.210 e. The van der Waals surface area contributed by atoms with Gasteiger partial charge in [-0.15, -0.1) is 0 Å². The molecule has 2 rings (SSSR count). The van der Waals surface area contributed by atoms with E-state index in [1.54, 1.807) is 12.1 Å². The van der Waals surface area contributed by atoms with Crippen LogP contribution < -0.4 is 0 Å². The van der Waals surface area contributed by atoms with Crippen LogP contribution in [-0.4, -0.2) is 13.4 Å². The van der Waals surface area contributed by atoms with E-state index in [2.05, 4.69) is 4.98 Å². The van der Waals surface area contributed by atoms with Crippen molar-refractivity contribution in [3.05, 3.63) is 30.2 Å². The van der Waals surface area contributed by atoms with Crippen molar-refractivity contribution >= 4 is 21.8 Å². The minimum absolute atomic E-state index is 0.135. The normalized spacial score (nSPS) is 11.2. The third-order valence-corrected chi connectivity index (χ3v) is 2.13. The molecule has 0 aliphatic heterocycles. The Labute approximate surface area is 76.1 Å². The molecule has 2 aromatic rings. The molecule has 0 N–H and O–H groups in total. The topological polar surface area (TPSA) is 60.2 Å². The second-order valence-corrected chi connectivity index (χ2v) is 3.55. The summed E-state index contributed by atoms with van der Waals surface area (Å²) in [4.78, 5) is 4.00. The summed E-state index contributed by atoms with van der Waals surface area (Å²) in [5.41, 5.74) is 1.31. The van der Waals surface area contributed by atoms with Gasteiger partial charge in [0.25, 0.3) is 0 Å². The van der Waals surface area contributed by atoms with E-state index >= 15 is 0 Å². The molecular formula is C8H7NO3S. The number of hydrogen-bond donors (Lipinski definition) is 1. The first-order valence-corrected chi connectivity index (χ1v) is 5.08. The quantitative estimate of drug-likeness (QED) is 0.728. The number of fused-ring (bicyclic) bond motifs is 1. The molecule has 0 spiro atoms. The van der Waals surface area contributed by atoms with E-state index in [-0.39, 0.29) is 11.6 Å². The number of oxazole rings is 1. The molecule has 0 aliphatic rings. The summed E-state index contributed by atoms with van der Waals surface area (Å²) in [6.45, 7) is 0. The molecule has 5 heteroatoms. The molecule has 0 bridgehead atoms. The lowest BCUT2D eigenvalue weighted by atomic mass is 10.3. The minimum atomic E-state index is -2.47. The van der Waals surface area contributed by atoms with Gasteiger partial charge in [0.1, 0.15) is 22.0 Å². The van der Waals surface area contributed by atoms with Gasteiger partial charge in [0, 0.05) is 0 Å². The zero-order valence-electron chi connectivity index (χ0n) is 6.64. The van der Waals surface area contributed by atoms with Gasteiger partial charge in [-0.05, 0) is 12.1 Å². The molecule has 1 aromatic heterocycles. The van der Waals surface area contributed by atoms with E-state index in [0.717, 1.165) is 0 Å². The summed E-state index contributed by atoms with van der Waals surface area (Å²) in [5, 5.41) is 0. The van der Waals surface area contributed by atoms with Gasteiger partial charge >= 0.3 is 0 Å². The molecule has 13 heavy (non-hydrogen) atoms. The predicted molar refractivity (Wildman–Crippen MR) is 48.0 cm³/mol. The summed E-state index contributed by atoms with van der Waals surface area (Å²) < 4.78 is 25.9. The van der Waals surface area contributed by atoms with Crippen LogP contribution in [-0.2, 0) is 16.5 Å². The number of aromatic nitrogens is 1. The van der Waals surface area contributed by atoms with Gasteiger partial charge in [0.15, 0.2) is 5.58 Å². The maximum Gasteiger partial charge on any atom is 0.210 e. The fraction of sp³-hybridized carbons (Fsp3) is 0.125. The van der Waals surface area contributed by atoms with Crippen molar-refractivity contribution in [3.63, 3.8) is 0 Å². The lowest BCUT2D eigenvalue weighted by Crippen LogP contribution is -1.84. The predicted octanol–water partition coefficient (Wildman–Crippen LogP) is 0.939. The monoisotopic (exact) mass is 197 g/mol. The Kier molecular flexibility index (Phi) is 2.02. The van der Waals surface area contributed by atoms with Crippen LogP contribution in [0.2, 0.25) is 0 Å². The molecular weight excluding hydrogens is 190 g/mol. The molecule has 1 heterocycles. The van der Waals surface area contributed by atoms with Crippen molar-refractivity contribution in [2.24, 2.45) is 0 Å². The Bertz CT molecular complexity index is 460. The van der Waals surface area contributed by atoms with Crippen LogP contribution in [0, 0.1) is 0 Å². The summed E-state index contributed by atoms with van der Waals surface area (Å²) >= 11 is 0. The van der Waals surface area contributed by atoms with Crippen LogP contribution in [0.5, 0.6) is 0 Å². The number of nitrogens with zero attached hydrogens (tertiary/aromatic N) is 1. The van der Waals surface area contributed by atoms with Gasteiger partial charge in [0.2, 0.25) is 5.89 Å². The van der Waals surface area contributed by atoms with Crippen molar-refractivity contribution < 1.29 is 12.8 Å². The molecule has 1 aromatic carbocycles. The number of hydrogen-bond acceptors (Lipinski definition) is 4. The zero-order chi connectivity index (χ0) is 9.26. The average molecular weight is 197 g/mol. The highest BCUT2D eigenvalue weighted by Gasteiger charge is 2.04. The van der Waals surface area contributed by atoms with E-state index in [4.69, 9.17) is 4.42 Å². The Morgan fingerprint density at radius 1 is 1.31 bits per heavy atom. The first kappa shape index (κ1) is 8.25. The first-order valence-electron chi connectivity index (χ1n) is 3.72. The van der Waals surface area contributed by atoms with Crippen LogP contribution >= 0.6 is 0 Å². The number of benzene rings is 1. The summed E-state index contributed by atoms with van der Waals surface area (Å²) in [5.74, 6) is 0.113. The Morgan fingerprint density at radius 3 is 2.77 bits per heavy atom. The van der Waals surface area contributed by atoms with Crippen LogP contribution in [0.1, 0.15) is 5.89 Å². The highest BCUT2D eigenvalue weighted by Crippen LogP contribution is 2.14. The second kappa shape index (κ2) is 3.18. The highest BCUT2D eigenvalue weighted by atomic mass is 32.2. The molecule has 0 unspecified atom stereocenters. The molecule has 0 saturated carbocycles. The Hall–Kier alpha value is -1.36. The van der Waals surface area contributed by atoms with Crippen molar-refractivity contribution in [2.75, 3.05) is 0 Å². The van der Waals surface area contributed by atoms with Gasteiger partial charge < -0.3 is 4.42 Å². The van der Waals surface area contributed by atoms with Crippen LogP contribution in [0.3, 0.4) is 0 Å². The van der Waals surface area contributed by atoms with Gasteiger partial charge in [-0.1, -0.05) is 12.1 Å². The van der Waals surface area contributed by atoms with E-state index < -0.39 is 10.7 Å². The van der Waals surface area contributed by atoms with Crippen molar-refractivity contribution in [1.29, 1.82) is 0 Å². The lowest BCUT2D eigenvalue weighted by Gasteiger charge is -1.81. The standard InChI is InChI=1S/C8H7NO3S/c10-13(11)5-8-9-6-3-1-2-4-7(6)12-8/h1-4,13H,5H2. The van der Waals surface area contributed by atoms with E-state index in [1.165, 1.54) is 0 Å². The number of para-hydroxylation sites is 2. The van der Waals surface area contributed by atoms with E-state index in [0.29, 0.717) is 11.1 Å². The maximum atomic E-state index is 10.4. The fourth-order valence-corrected chi connectivity index (χ4v) is 1.45. The van der Waals surface area contributed by atoms with Crippen LogP contribution in [0.4, 0.5) is 0 Å². The van der Waals surface area contributed by atoms with Crippen molar-refractivity contribution in [2.45, 2.75) is 5.75 Å². The molecule has 0 amide bonds. The molecule has 0 saturated heterocycles. The third-order valence-electron chi connectivity index (χ3n) is 1.60. The SMILES string of the molecule is O=[SH](=O)Cc1nc2ccccc2o1. The van der Waals surface area contributed by atoms with Gasteiger partial charge in [-0.25, -0.2) is 13.4 Å². The molecule has 4 nitrogen and oxygen atoms in total. The first-order chi connectivity index (χ1) is 6.25. The molecule has 0 atom stereocenters. The molecule has 68 valence electrons. The molecule has 0 aliphatic carbocycles. The van der Waals surface area contributed by atoms with Crippen LogP contribution in [0.15, 0.2) is 28.7 Å². The molecule has 0 radical (unpaired) electrons. The van der Waals surface area contributed by atoms with Gasteiger partial charge in [0.05, 0.1) is 0 Å². The second-order valence-electron chi connectivity index (χ2n) is 2.57. The van der Waals surface area contributed by atoms with E-state index in [9.17, 15) is 8.42 Å².